The van der Waals surface area contributed by atoms with Gasteiger partial charge in [0.15, 0.2) is 0 Å². The number of nitrogens with one attached hydrogen (secondary N) is 1. The Morgan fingerprint density at radius 2 is 1.89 bits per heavy atom. The predicted octanol–water partition coefficient (Wildman–Crippen LogP) is 2.50. The molecular formula is C13H19F3N2O. The van der Waals surface area contributed by atoms with Gasteiger partial charge in [-0.05, 0) is 18.9 Å². The zero-order valence-electron chi connectivity index (χ0n) is 11.3. The molecule has 1 N–H and O–H groups in total. The SMILES string of the molecule is CC(C)C(C)NCCn1cc(C(F)(F)F)ccc1=O. The predicted molar refractivity (Wildman–Crippen MR) is 68.0 cm³/mol. The number of hydrogen-bond acceptors (Lipinski definition) is 2. The van der Waals surface area contributed by atoms with Crippen molar-refractivity contribution in [1.82, 2.24) is 9.88 Å². The summed E-state index contributed by atoms with van der Waals surface area (Å²) < 4.78 is 38.7. The van der Waals surface area contributed by atoms with E-state index in [-0.39, 0.29) is 12.6 Å². The van der Waals surface area contributed by atoms with Crippen molar-refractivity contribution in [3.05, 3.63) is 34.2 Å². The van der Waals surface area contributed by atoms with Crippen LogP contribution in [-0.4, -0.2) is 17.2 Å². The van der Waals surface area contributed by atoms with E-state index in [1.807, 2.05) is 20.8 Å². The van der Waals surface area contributed by atoms with Gasteiger partial charge in [-0.25, -0.2) is 0 Å². The van der Waals surface area contributed by atoms with E-state index in [2.05, 4.69) is 5.32 Å². The molecule has 0 aliphatic carbocycles. The lowest BCUT2D eigenvalue weighted by Gasteiger charge is -2.18. The molecule has 1 rings (SSSR count). The summed E-state index contributed by atoms with van der Waals surface area (Å²) in [6, 6.07) is 2.01. The Bertz CT molecular complexity index is 466. The second-order valence-corrected chi connectivity index (χ2v) is 4.93. The van der Waals surface area contributed by atoms with Gasteiger partial charge < -0.3 is 9.88 Å². The Hall–Kier alpha value is -1.30. The van der Waals surface area contributed by atoms with Crippen molar-refractivity contribution in [3.63, 3.8) is 0 Å². The molecule has 0 aliphatic heterocycles. The van der Waals surface area contributed by atoms with Gasteiger partial charge in [-0.2, -0.15) is 13.2 Å². The van der Waals surface area contributed by atoms with Crippen LogP contribution < -0.4 is 10.9 Å². The number of pyridine rings is 1. The first-order chi connectivity index (χ1) is 8.71. The quantitative estimate of drug-likeness (QED) is 0.896. The average molecular weight is 276 g/mol. The third-order valence-corrected chi connectivity index (χ3v) is 3.13. The minimum absolute atomic E-state index is 0.222. The lowest BCUT2D eigenvalue weighted by molar-refractivity contribution is -0.138. The molecule has 1 aromatic heterocycles. The summed E-state index contributed by atoms with van der Waals surface area (Å²) in [6.07, 6.45) is -3.56. The standard InChI is InChI=1S/C13H19F3N2O/c1-9(2)10(3)17-6-7-18-8-11(13(14,15)16)4-5-12(18)19/h4-5,8-10,17H,6-7H2,1-3H3. The van der Waals surface area contributed by atoms with Crippen molar-refractivity contribution in [2.45, 2.75) is 39.5 Å². The Morgan fingerprint density at radius 3 is 2.42 bits per heavy atom. The molecule has 1 atom stereocenters. The number of rotatable bonds is 5. The fraction of sp³-hybridized carbons (Fsp3) is 0.615. The van der Waals surface area contributed by atoms with Crippen molar-refractivity contribution in [2.75, 3.05) is 6.54 Å². The first kappa shape index (κ1) is 15.8. The van der Waals surface area contributed by atoms with E-state index in [9.17, 15) is 18.0 Å². The van der Waals surface area contributed by atoms with Crippen molar-refractivity contribution >= 4 is 0 Å². The lowest BCUT2D eigenvalue weighted by atomic mass is 10.1. The highest BCUT2D eigenvalue weighted by atomic mass is 19.4. The van der Waals surface area contributed by atoms with Crippen LogP contribution in [0.1, 0.15) is 26.3 Å². The van der Waals surface area contributed by atoms with Crippen molar-refractivity contribution in [2.24, 2.45) is 5.92 Å². The van der Waals surface area contributed by atoms with Gasteiger partial charge in [-0.3, -0.25) is 4.79 Å². The van der Waals surface area contributed by atoms with Crippen LogP contribution in [0.3, 0.4) is 0 Å². The Morgan fingerprint density at radius 1 is 1.26 bits per heavy atom. The van der Waals surface area contributed by atoms with Gasteiger partial charge in [0, 0.05) is 31.4 Å². The number of halogens is 3. The lowest BCUT2D eigenvalue weighted by Crippen LogP contribution is -2.35. The molecule has 0 radical (unpaired) electrons. The number of hydrogen-bond donors (Lipinski definition) is 1. The fourth-order valence-corrected chi connectivity index (χ4v) is 1.52. The van der Waals surface area contributed by atoms with Crippen molar-refractivity contribution in [1.29, 1.82) is 0 Å². The van der Waals surface area contributed by atoms with Crippen LogP contribution in [0.25, 0.3) is 0 Å². The highest BCUT2D eigenvalue weighted by Gasteiger charge is 2.30. The van der Waals surface area contributed by atoms with Crippen LogP contribution in [0.4, 0.5) is 13.2 Å². The fourth-order valence-electron chi connectivity index (χ4n) is 1.52. The highest BCUT2D eigenvalue weighted by Crippen LogP contribution is 2.27. The van der Waals surface area contributed by atoms with Gasteiger partial charge in [0.2, 0.25) is 0 Å². The first-order valence-electron chi connectivity index (χ1n) is 6.23. The van der Waals surface area contributed by atoms with E-state index in [1.54, 1.807) is 0 Å². The molecule has 6 heteroatoms. The highest BCUT2D eigenvalue weighted by molar-refractivity contribution is 5.13. The molecule has 0 spiro atoms. The Balaban J connectivity index is 2.71. The monoisotopic (exact) mass is 276 g/mol. The maximum Gasteiger partial charge on any atom is 0.417 e. The molecule has 1 heterocycles. The molecule has 0 fully saturated rings. The molecular weight excluding hydrogens is 257 g/mol. The van der Waals surface area contributed by atoms with Gasteiger partial charge in [-0.1, -0.05) is 13.8 Å². The maximum absolute atomic E-state index is 12.5. The molecule has 1 unspecified atom stereocenters. The molecule has 0 aromatic carbocycles. The van der Waals surface area contributed by atoms with Crippen LogP contribution in [0, 0.1) is 5.92 Å². The molecule has 0 saturated carbocycles. The van der Waals surface area contributed by atoms with E-state index in [4.69, 9.17) is 0 Å². The molecule has 0 saturated heterocycles. The zero-order valence-corrected chi connectivity index (χ0v) is 11.3. The van der Waals surface area contributed by atoms with Crippen LogP contribution in [0.2, 0.25) is 0 Å². The summed E-state index contributed by atoms with van der Waals surface area (Å²) in [7, 11) is 0. The maximum atomic E-state index is 12.5. The van der Waals surface area contributed by atoms with Crippen LogP contribution >= 0.6 is 0 Å². The molecule has 3 nitrogen and oxygen atoms in total. The summed E-state index contributed by atoms with van der Waals surface area (Å²) in [4.78, 5) is 11.5. The molecule has 0 amide bonds. The summed E-state index contributed by atoms with van der Waals surface area (Å²) in [5.74, 6) is 0.429. The van der Waals surface area contributed by atoms with Gasteiger partial charge in [0.05, 0.1) is 5.56 Å². The summed E-state index contributed by atoms with van der Waals surface area (Å²) >= 11 is 0. The van der Waals surface area contributed by atoms with E-state index in [0.717, 1.165) is 22.9 Å². The molecule has 19 heavy (non-hydrogen) atoms. The number of aromatic nitrogens is 1. The van der Waals surface area contributed by atoms with E-state index >= 15 is 0 Å². The van der Waals surface area contributed by atoms with Gasteiger partial charge in [0.1, 0.15) is 0 Å². The molecule has 1 aromatic rings. The smallest absolute Gasteiger partial charge is 0.314 e. The van der Waals surface area contributed by atoms with E-state index in [0.29, 0.717) is 12.5 Å². The summed E-state index contributed by atoms with van der Waals surface area (Å²) in [5.41, 5.74) is -1.23. The largest absolute Gasteiger partial charge is 0.417 e. The second kappa shape index (κ2) is 6.23. The third-order valence-electron chi connectivity index (χ3n) is 3.13. The minimum Gasteiger partial charge on any atom is -0.314 e. The van der Waals surface area contributed by atoms with E-state index < -0.39 is 17.3 Å². The average Bonchev–Trinajstić information content (AvgIpc) is 2.29. The first-order valence-corrected chi connectivity index (χ1v) is 6.23. The molecule has 0 aliphatic rings. The Kier molecular flexibility index (Phi) is 5.17. The van der Waals surface area contributed by atoms with Crippen molar-refractivity contribution < 1.29 is 13.2 Å². The number of alkyl halides is 3. The molecule has 108 valence electrons. The summed E-state index contributed by atoms with van der Waals surface area (Å²) in [6.45, 7) is 6.78. The summed E-state index contributed by atoms with van der Waals surface area (Å²) in [5, 5.41) is 3.17. The topological polar surface area (TPSA) is 34.0 Å². The van der Waals surface area contributed by atoms with E-state index in [1.165, 1.54) is 0 Å². The van der Waals surface area contributed by atoms with Crippen molar-refractivity contribution in [3.8, 4) is 0 Å². The number of nitrogens with zero attached hydrogens (tertiary/aromatic N) is 1. The minimum atomic E-state index is -4.42. The van der Waals surface area contributed by atoms with Crippen LogP contribution in [0.15, 0.2) is 23.1 Å². The van der Waals surface area contributed by atoms with Gasteiger partial charge in [-0.15, -0.1) is 0 Å². The van der Waals surface area contributed by atoms with Gasteiger partial charge >= 0.3 is 6.18 Å². The molecule has 0 bridgehead atoms. The normalized spacial score (nSPS) is 13.8. The van der Waals surface area contributed by atoms with Gasteiger partial charge in [0.25, 0.3) is 5.56 Å². The Labute approximate surface area is 110 Å². The van der Waals surface area contributed by atoms with Crippen LogP contribution in [-0.2, 0) is 12.7 Å². The zero-order chi connectivity index (χ0) is 14.6. The van der Waals surface area contributed by atoms with Crippen LogP contribution in [0.5, 0.6) is 0 Å². The second-order valence-electron chi connectivity index (χ2n) is 4.93. The third kappa shape index (κ3) is 4.70.